The number of thioether (sulfide) groups is 4. The molecule has 71 heavy (non-hydrogen) atoms. The first-order chi connectivity index (χ1) is 32.5. The van der Waals surface area contributed by atoms with Gasteiger partial charge in [-0.2, -0.15) is 50.2 Å². The number of amides is 3. The van der Waals surface area contributed by atoms with E-state index in [1.54, 1.807) is 68.6 Å². The molecule has 414 valence electrons. The number of aliphatic hydroxyl groups excluding tert-OH is 7. The molecule has 35 heteroatoms. The topological polar surface area (TPSA) is 393 Å². The molecule has 0 bridgehead atoms. The molecule has 3 amide bonds. The predicted octanol–water partition coefficient (Wildman–Crippen LogP) is -8.98. The van der Waals surface area contributed by atoms with Crippen LogP contribution in [0.15, 0.2) is 0 Å². The van der Waals surface area contributed by atoms with Gasteiger partial charge < -0.3 is 75.3 Å². The fraction of sp³-hybridized carbons (Fsp3) is 0.833. The van der Waals surface area contributed by atoms with E-state index >= 15 is 0 Å². The van der Waals surface area contributed by atoms with Gasteiger partial charge in [-0.05, 0) is 24.0 Å². The van der Waals surface area contributed by atoms with E-state index in [-0.39, 0.29) is 95.5 Å². The summed E-state index contributed by atoms with van der Waals surface area (Å²) in [6.45, 7) is 4.75. The standard InChI is InChI=1S/C17H31NO9S2.C7H16N2O2S2.C6H13NO3S.C3H6ClNO.C2H6.CO2.2Na.H2O4S/c1-24-18(3-2-5-29-6-4-28)16-14(23)15(13(22)12(8-19)26-16)27-17-11(21)7-10(20)9-25-17;1-8-7(10)4-12-6-13-5-9(2)11-3;1-7-6(10)4-11-3-5(9)2-8;1-5-3(6)2-4;1-2;2-1-3;;;1-5(2,3)4/h7,9-17,19-23,28H,2-6,8H2,1H3;4-6H2,1-3H3,(H,8,10);5,8-9H,2-4H2,1H3,(H,7,10);2H2,1H3,(H,5,6);1-2H3;;;;(H2,1,2,3,4)/q-2;;;;;;2*+1;/p-1/t10-,11?,12?,13-,14?,15-,16+,17-;;;;;;;;/m0......../s1. The molecule has 11 N–H and O–H groups in total. The average molecular weight is 1190 g/mol. The second-order valence-electron chi connectivity index (χ2n) is 12.3. The summed E-state index contributed by atoms with van der Waals surface area (Å²) in [4.78, 5) is 57.9. The molecule has 2 saturated heterocycles. The zero-order valence-electron chi connectivity index (χ0n) is 41.7. The Hall–Kier alpha value is 1.14. The van der Waals surface area contributed by atoms with Gasteiger partial charge in [0, 0.05) is 51.3 Å². The van der Waals surface area contributed by atoms with Crippen LogP contribution in [0.4, 0.5) is 0 Å². The van der Waals surface area contributed by atoms with E-state index in [9.17, 15) is 39.9 Å². The number of hydroxylamine groups is 4. The Labute approximate surface area is 489 Å². The quantitative estimate of drug-likeness (QED) is 0.00491. The third kappa shape index (κ3) is 54.3. The molecule has 26 nitrogen and oxygen atoms in total. The van der Waals surface area contributed by atoms with E-state index in [2.05, 4.69) is 28.6 Å². The molecule has 0 aromatic rings. The first kappa shape index (κ1) is 86.0. The molecule has 2 fully saturated rings. The van der Waals surface area contributed by atoms with Crippen molar-refractivity contribution in [2.45, 2.75) is 75.5 Å². The summed E-state index contributed by atoms with van der Waals surface area (Å²) in [7, 11) is 4.78. The van der Waals surface area contributed by atoms with Crippen molar-refractivity contribution < 1.29 is 160 Å². The minimum atomic E-state index is -4.92. The second-order valence-corrected chi connectivity index (χ2v) is 18.4. The fourth-order valence-corrected chi connectivity index (χ4v) is 7.89. The van der Waals surface area contributed by atoms with Gasteiger partial charge in [0.25, 0.3) is 0 Å². The van der Waals surface area contributed by atoms with Gasteiger partial charge in [0.15, 0.2) is 6.23 Å². The summed E-state index contributed by atoms with van der Waals surface area (Å²) < 4.78 is 49.2. The van der Waals surface area contributed by atoms with Crippen LogP contribution in [-0.2, 0) is 58.3 Å². The normalized spacial score (nSPS) is 21.3. The van der Waals surface area contributed by atoms with Crippen molar-refractivity contribution in [1.29, 1.82) is 0 Å². The van der Waals surface area contributed by atoms with Gasteiger partial charge >= 0.3 is 65.3 Å². The van der Waals surface area contributed by atoms with Gasteiger partial charge in [-0.1, -0.05) is 13.8 Å². The molecule has 0 radical (unpaired) electrons. The molecule has 0 aromatic heterocycles. The fourth-order valence-electron chi connectivity index (χ4n) is 4.08. The van der Waals surface area contributed by atoms with Crippen LogP contribution in [0.2, 0.25) is 0 Å². The van der Waals surface area contributed by atoms with Crippen molar-refractivity contribution in [2.75, 3.05) is 114 Å². The number of nitrogens with one attached hydrogen (secondary N) is 3. The number of thiol groups is 1. The van der Waals surface area contributed by atoms with Crippen LogP contribution < -0.4 is 75.1 Å². The van der Waals surface area contributed by atoms with E-state index in [1.807, 2.05) is 20.9 Å². The Balaban J connectivity index is -0.000000162. The van der Waals surface area contributed by atoms with Crippen molar-refractivity contribution in [3.8, 4) is 0 Å². The summed E-state index contributed by atoms with van der Waals surface area (Å²) in [5.74, 6) is 4.57. The largest absolute Gasteiger partial charge is 1.00 e. The first-order valence-corrected chi connectivity index (χ1v) is 27.3. The zero-order valence-corrected chi connectivity index (χ0v) is 51.4. The molecule has 0 aliphatic carbocycles. The summed E-state index contributed by atoms with van der Waals surface area (Å²) in [5.41, 5.74) is 0. The molecule has 4 unspecified atom stereocenters. The molecule has 2 heterocycles. The summed E-state index contributed by atoms with van der Waals surface area (Å²) in [5, 5.41) is 79.0. The molecule has 2 aliphatic rings. The van der Waals surface area contributed by atoms with Crippen molar-refractivity contribution in [3.63, 3.8) is 0 Å². The SMILES string of the molecule is CC.CNC(=O)CCl.CNC(=O)CSCC(O)CO.CNC(=O)CSCSCN(C)OC.CON(CCCSCCS)[C@@H]1OC(CO)[C@H](O)[C@H](O[C@@H]2O[CH-][C@@H](O)[CH-]C2O)C1O.O=C=O.O=S(=O)([O-])O.[Na+].[Na+]. The van der Waals surface area contributed by atoms with Crippen LogP contribution in [0.25, 0.3) is 0 Å². The molecule has 0 spiro atoms. The Morgan fingerprint density at radius 1 is 0.915 bits per heavy atom. The van der Waals surface area contributed by atoms with Crippen LogP contribution in [0.5, 0.6) is 0 Å². The number of carbonyl (C=O) groups is 3. The molecule has 0 saturated carbocycles. The monoisotopic (exact) mass is 1180 g/mol. The van der Waals surface area contributed by atoms with Crippen molar-refractivity contribution >= 4 is 106 Å². The van der Waals surface area contributed by atoms with Gasteiger partial charge in [-0.3, -0.25) is 30.2 Å². The van der Waals surface area contributed by atoms with Gasteiger partial charge in [0.1, 0.15) is 36.6 Å². The van der Waals surface area contributed by atoms with Crippen LogP contribution in [-0.4, -0.2) is 256 Å². The van der Waals surface area contributed by atoms with Crippen LogP contribution in [0.1, 0.15) is 20.3 Å². The summed E-state index contributed by atoms with van der Waals surface area (Å²) in [6.07, 6.45) is -8.12. The smallest absolute Gasteiger partial charge is 0.726 e. The maximum Gasteiger partial charge on any atom is 1.00 e. The number of halogens is 1. The summed E-state index contributed by atoms with van der Waals surface area (Å²) >= 11 is 15.6. The maximum atomic E-state index is 10.8. The van der Waals surface area contributed by atoms with Crippen LogP contribution >= 0.6 is 71.3 Å². The Morgan fingerprint density at radius 2 is 1.44 bits per heavy atom. The number of nitrogens with zero attached hydrogens (tertiary/aromatic N) is 2. The Bertz CT molecular complexity index is 1380. The molecule has 0 aromatic carbocycles. The third-order valence-corrected chi connectivity index (χ3v) is 12.5. The molecule has 9 atom stereocenters. The minimum Gasteiger partial charge on any atom is -0.726 e. The Kier molecular flexibility index (Phi) is 71.3. The van der Waals surface area contributed by atoms with Crippen molar-refractivity contribution in [2.24, 2.45) is 0 Å². The van der Waals surface area contributed by atoms with Crippen LogP contribution in [0, 0.1) is 13.0 Å². The van der Waals surface area contributed by atoms with Crippen molar-refractivity contribution in [1.82, 2.24) is 26.1 Å². The van der Waals surface area contributed by atoms with E-state index < -0.39 is 72.3 Å². The van der Waals surface area contributed by atoms with E-state index in [0.717, 1.165) is 41.2 Å². The minimum absolute atomic E-state index is 0. The second kappa shape index (κ2) is 58.8. The molecular formula is C36H73ClN5Na2O21S6-. The number of aliphatic hydroxyl groups is 7. The van der Waals surface area contributed by atoms with Gasteiger partial charge in [-0.15, -0.1) is 46.9 Å². The number of hydrogen-bond donors (Lipinski definition) is 12. The third-order valence-electron chi connectivity index (χ3n) is 7.27. The maximum absolute atomic E-state index is 10.8. The summed E-state index contributed by atoms with van der Waals surface area (Å²) in [6, 6.07) is 0. The van der Waals surface area contributed by atoms with Gasteiger partial charge in [0.05, 0.1) is 50.9 Å². The van der Waals surface area contributed by atoms with E-state index in [0.29, 0.717) is 23.8 Å². The molecular weight excluding hydrogens is 1110 g/mol. The number of carbonyl (C=O) groups excluding carboxylic acids is 5. The molecule has 2 aliphatic heterocycles. The molecule has 2 rings (SSSR count). The number of ether oxygens (including phenoxy) is 3. The zero-order chi connectivity index (χ0) is 54.4. The van der Waals surface area contributed by atoms with Gasteiger partial charge in [0.2, 0.25) is 28.1 Å². The van der Waals surface area contributed by atoms with E-state index in [4.69, 9.17) is 72.8 Å². The van der Waals surface area contributed by atoms with Gasteiger partial charge in [-0.25, -0.2) is 15.0 Å². The van der Waals surface area contributed by atoms with Crippen molar-refractivity contribution in [3.05, 3.63) is 13.0 Å². The predicted molar refractivity (Wildman–Crippen MR) is 264 cm³/mol. The Morgan fingerprint density at radius 3 is 1.85 bits per heavy atom. The first-order valence-electron chi connectivity index (χ1n) is 20.2. The average Bonchev–Trinajstić information content (AvgIpc) is 3.32. The number of rotatable bonds is 24. The number of alkyl halides is 1. The number of hydrogen-bond acceptors (Lipinski definition) is 27. The van der Waals surface area contributed by atoms with E-state index in [1.165, 1.54) is 30.4 Å². The van der Waals surface area contributed by atoms with Crippen LogP contribution in [0.3, 0.4) is 0 Å².